The summed E-state index contributed by atoms with van der Waals surface area (Å²) < 4.78 is 27.4. The Bertz CT molecular complexity index is 815. The fraction of sp³-hybridized carbons (Fsp3) is 0.556. The minimum atomic E-state index is -3.66. The molecule has 1 atom stereocenters. The van der Waals surface area contributed by atoms with Gasteiger partial charge in [0.25, 0.3) is 5.91 Å². The van der Waals surface area contributed by atoms with Gasteiger partial charge in [0.1, 0.15) is 6.04 Å². The summed E-state index contributed by atoms with van der Waals surface area (Å²) in [7, 11) is -3.66. The summed E-state index contributed by atoms with van der Waals surface area (Å²) in [5, 5.41) is 9.28. The highest BCUT2D eigenvalue weighted by Gasteiger charge is 2.35. The number of nitrogens with zero attached hydrogens (tertiary/aromatic N) is 2. The van der Waals surface area contributed by atoms with Gasteiger partial charge in [-0.25, -0.2) is 13.2 Å². The minimum Gasteiger partial charge on any atom is -0.480 e. The average Bonchev–Trinajstić information content (AvgIpc) is 3.12. The van der Waals surface area contributed by atoms with Crippen LogP contribution in [0.3, 0.4) is 0 Å². The SMILES string of the molecule is Cc1ccc(C(=O)N2CCC[C@@H]2C(=O)O)cc1S(=O)(=O)N1CCCCC1. The fourth-order valence-corrected chi connectivity index (χ4v) is 5.46. The second-order valence-corrected chi connectivity index (χ2v) is 8.85. The van der Waals surface area contributed by atoms with Crippen molar-refractivity contribution >= 4 is 21.9 Å². The first-order valence-electron chi connectivity index (χ1n) is 8.97. The lowest BCUT2D eigenvalue weighted by Crippen LogP contribution is -2.40. The van der Waals surface area contributed by atoms with E-state index in [2.05, 4.69) is 0 Å². The number of hydrogen-bond acceptors (Lipinski definition) is 4. The first-order valence-corrected chi connectivity index (χ1v) is 10.4. The zero-order valence-electron chi connectivity index (χ0n) is 14.8. The van der Waals surface area contributed by atoms with Gasteiger partial charge < -0.3 is 10.0 Å². The van der Waals surface area contributed by atoms with E-state index in [1.54, 1.807) is 19.1 Å². The van der Waals surface area contributed by atoms with Gasteiger partial charge in [-0.15, -0.1) is 0 Å². The molecular weight excluding hydrogens is 356 g/mol. The molecule has 1 aromatic carbocycles. The molecule has 2 aliphatic rings. The average molecular weight is 380 g/mol. The molecule has 2 heterocycles. The predicted molar refractivity (Wildman–Crippen MR) is 95.5 cm³/mol. The van der Waals surface area contributed by atoms with E-state index >= 15 is 0 Å². The van der Waals surface area contributed by atoms with Gasteiger partial charge in [-0.3, -0.25) is 4.79 Å². The van der Waals surface area contributed by atoms with Crippen LogP contribution in [0.25, 0.3) is 0 Å². The number of sulfonamides is 1. The summed E-state index contributed by atoms with van der Waals surface area (Å²) in [6.07, 6.45) is 3.75. The topological polar surface area (TPSA) is 95.0 Å². The molecule has 0 aliphatic carbocycles. The van der Waals surface area contributed by atoms with Gasteiger partial charge >= 0.3 is 5.97 Å². The first-order chi connectivity index (χ1) is 12.3. The van der Waals surface area contributed by atoms with Crippen LogP contribution in [-0.2, 0) is 14.8 Å². The molecule has 0 radical (unpaired) electrons. The van der Waals surface area contributed by atoms with Gasteiger partial charge in [0.15, 0.2) is 0 Å². The van der Waals surface area contributed by atoms with Crippen molar-refractivity contribution in [3.8, 4) is 0 Å². The van der Waals surface area contributed by atoms with Crippen LogP contribution in [0.15, 0.2) is 23.1 Å². The zero-order valence-corrected chi connectivity index (χ0v) is 15.7. The summed E-state index contributed by atoms with van der Waals surface area (Å²) in [6, 6.07) is 3.75. The number of aryl methyl sites for hydroxylation is 1. The molecule has 0 saturated carbocycles. The molecule has 2 aliphatic heterocycles. The number of carboxylic acids is 1. The number of rotatable bonds is 4. The van der Waals surface area contributed by atoms with Crippen molar-refractivity contribution in [2.75, 3.05) is 19.6 Å². The van der Waals surface area contributed by atoms with Crippen LogP contribution >= 0.6 is 0 Å². The number of carbonyl (C=O) groups excluding carboxylic acids is 1. The lowest BCUT2D eigenvalue weighted by molar-refractivity contribution is -0.141. The van der Waals surface area contributed by atoms with E-state index in [9.17, 15) is 23.1 Å². The van der Waals surface area contributed by atoms with Crippen molar-refractivity contribution in [2.45, 2.75) is 50.0 Å². The van der Waals surface area contributed by atoms with E-state index in [1.807, 2.05) is 0 Å². The Morgan fingerprint density at radius 1 is 1.08 bits per heavy atom. The molecule has 0 aromatic heterocycles. The van der Waals surface area contributed by atoms with E-state index in [1.165, 1.54) is 15.3 Å². The predicted octanol–water partition coefficient (Wildman–Crippen LogP) is 1.86. The number of hydrogen-bond donors (Lipinski definition) is 1. The van der Waals surface area contributed by atoms with Crippen molar-refractivity contribution in [3.63, 3.8) is 0 Å². The molecule has 26 heavy (non-hydrogen) atoms. The van der Waals surface area contributed by atoms with Gasteiger partial charge in [0.2, 0.25) is 10.0 Å². The van der Waals surface area contributed by atoms with Gasteiger partial charge in [0, 0.05) is 25.2 Å². The van der Waals surface area contributed by atoms with Crippen LogP contribution in [0, 0.1) is 6.92 Å². The highest BCUT2D eigenvalue weighted by Crippen LogP contribution is 2.26. The second kappa shape index (κ2) is 7.36. The quantitative estimate of drug-likeness (QED) is 0.860. The molecule has 1 aromatic rings. The Hall–Kier alpha value is -1.93. The van der Waals surface area contributed by atoms with E-state index in [0.29, 0.717) is 38.0 Å². The third-order valence-electron chi connectivity index (χ3n) is 5.17. The van der Waals surface area contributed by atoms with Crippen LogP contribution in [0.5, 0.6) is 0 Å². The molecule has 1 amide bonds. The molecule has 0 unspecified atom stereocenters. The lowest BCUT2D eigenvalue weighted by Gasteiger charge is -2.27. The Morgan fingerprint density at radius 2 is 1.77 bits per heavy atom. The Balaban J connectivity index is 1.92. The van der Waals surface area contributed by atoms with Crippen LogP contribution in [0.1, 0.15) is 48.0 Å². The molecule has 2 fully saturated rings. The number of piperidine rings is 1. The summed E-state index contributed by atoms with van der Waals surface area (Å²) in [4.78, 5) is 25.6. The van der Waals surface area contributed by atoms with Crippen LogP contribution < -0.4 is 0 Å². The van der Waals surface area contributed by atoms with Gasteiger partial charge in [-0.2, -0.15) is 4.31 Å². The molecular formula is C18H24N2O5S. The number of carbonyl (C=O) groups is 2. The fourth-order valence-electron chi connectivity index (χ4n) is 3.69. The number of amides is 1. The number of carboxylic acid groups (broad SMARTS) is 1. The van der Waals surface area contributed by atoms with Gasteiger partial charge in [0.05, 0.1) is 4.90 Å². The minimum absolute atomic E-state index is 0.135. The Morgan fingerprint density at radius 3 is 2.42 bits per heavy atom. The molecule has 1 N–H and O–H groups in total. The molecule has 3 rings (SSSR count). The van der Waals surface area contributed by atoms with Crippen molar-refractivity contribution < 1.29 is 23.1 Å². The standard InChI is InChI=1S/C18H24N2O5S/c1-13-7-8-14(17(21)20-11-5-6-15(20)18(22)23)12-16(13)26(24,25)19-9-3-2-4-10-19/h7-8,12,15H,2-6,9-11H2,1H3,(H,22,23)/t15-/m1/s1. The summed E-state index contributed by atoms with van der Waals surface area (Å²) in [6.45, 7) is 3.07. The Labute approximate surface area is 153 Å². The monoisotopic (exact) mass is 380 g/mol. The molecule has 142 valence electrons. The van der Waals surface area contributed by atoms with Gasteiger partial charge in [-0.05, 0) is 50.3 Å². The van der Waals surface area contributed by atoms with E-state index in [4.69, 9.17) is 0 Å². The highest BCUT2D eigenvalue weighted by molar-refractivity contribution is 7.89. The maximum absolute atomic E-state index is 13.0. The van der Waals surface area contributed by atoms with Crippen molar-refractivity contribution in [3.05, 3.63) is 29.3 Å². The Kier molecular flexibility index (Phi) is 5.34. The molecule has 2 saturated heterocycles. The third-order valence-corrected chi connectivity index (χ3v) is 7.21. The largest absolute Gasteiger partial charge is 0.480 e. The highest BCUT2D eigenvalue weighted by atomic mass is 32.2. The summed E-state index contributed by atoms with van der Waals surface area (Å²) in [5.41, 5.74) is 0.808. The second-order valence-electron chi connectivity index (χ2n) is 6.94. The summed E-state index contributed by atoms with van der Waals surface area (Å²) >= 11 is 0. The van der Waals surface area contributed by atoms with Gasteiger partial charge in [-0.1, -0.05) is 12.5 Å². The van der Waals surface area contributed by atoms with E-state index < -0.39 is 27.9 Å². The molecule has 8 heteroatoms. The van der Waals surface area contributed by atoms with E-state index in [0.717, 1.165) is 19.3 Å². The van der Waals surface area contributed by atoms with Crippen molar-refractivity contribution in [2.24, 2.45) is 0 Å². The molecule has 0 bridgehead atoms. The number of likely N-dealkylation sites (tertiary alicyclic amines) is 1. The normalized spacial score (nSPS) is 21.7. The molecule has 7 nitrogen and oxygen atoms in total. The van der Waals surface area contributed by atoms with E-state index in [-0.39, 0.29) is 10.5 Å². The van der Waals surface area contributed by atoms with Crippen LogP contribution in [-0.4, -0.2) is 60.3 Å². The smallest absolute Gasteiger partial charge is 0.326 e. The third kappa shape index (κ3) is 3.48. The zero-order chi connectivity index (χ0) is 18.9. The van der Waals surface area contributed by atoms with Crippen LogP contribution in [0.4, 0.5) is 0 Å². The number of benzene rings is 1. The summed E-state index contributed by atoms with van der Waals surface area (Å²) in [5.74, 6) is -1.45. The maximum Gasteiger partial charge on any atom is 0.326 e. The first kappa shape index (κ1) is 18.8. The van der Waals surface area contributed by atoms with Crippen LogP contribution in [0.2, 0.25) is 0 Å². The lowest BCUT2D eigenvalue weighted by atomic mass is 10.1. The molecule has 0 spiro atoms. The van der Waals surface area contributed by atoms with Crippen molar-refractivity contribution in [1.29, 1.82) is 0 Å². The van der Waals surface area contributed by atoms with Crippen molar-refractivity contribution in [1.82, 2.24) is 9.21 Å². The number of aliphatic carboxylic acids is 1. The maximum atomic E-state index is 13.0.